The van der Waals surface area contributed by atoms with Crippen molar-refractivity contribution in [3.05, 3.63) is 59.9 Å². The van der Waals surface area contributed by atoms with Crippen molar-refractivity contribution in [3.8, 4) is 5.75 Å². The highest BCUT2D eigenvalue weighted by atomic mass is 16.5. The van der Waals surface area contributed by atoms with E-state index in [1.54, 1.807) is 19.5 Å². The van der Waals surface area contributed by atoms with Crippen molar-refractivity contribution in [1.29, 1.82) is 0 Å². The summed E-state index contributed by atoms with van der Waals surface area (Å²) in [5.41, 5.74) is 8.56. The molecule has 1 aromatic heterocycles. The van der Waals surface area contributed by atoms with Crippen LogP contribution in [0.2, 0.25) is 0 Å². The minimum Gasteiger partial charge on any atom is -0.497 e. The molecule has 5 heteroatoms. The molecule has 1 aliphatic rings. The lowest BCUT2D eigenvalue weighted by Crippen LogP contribution is -2.32. The molecular weight excluding hydrogens is 302 g/mol. The Hall–Kier alpha value is -2.40. The molecule has 1 amide bonds. The van der Waals surface area contributed by atoms with Crippen LogP contribution in [0.3, 0.4) is 0 Å². The summed E-state index contributed by atoms with van der Waals surface area (Å²) in [4.78, 5) is 18.4. The van der Waals surface area contributed by atoms with Gasteiger partial charge in [0.1, 0.15) is 5.75 Å². The van der Waals surface area contributed by atoms with Crippen LogP contribution in [0.1, 0.15) is 23.5 Å². The van der Waals surface area contributed by atoms with E-state index in [4.69, 9.17) is 10.5 Å². The molecule has 2 aromatic rings. The third-order valence-electron chi connectivity index (χ3n) is 4.62. The van der Waals surface area contributed by atoms with Crippen LogP contribution in [0.15, 0.2) is 48.8 Å². The summed E-state index contributed by atoms with van der Waals surface area (Å²) in [5.74, 6) is 1.14. The number of likely N-dealkylation sites (tertiary alicyclic amines) is 1. The molecular formula is C19H23N3O2. The van der Waals surface area contributed by atoms with Gasteiger partial charge in [0, 0.05) is 43.9 Å². The van der Waals surface area contributed by atoms with Gasteiger partial charge in [-0.2, -0.15) is 0 Å². The first kappa shape index (κ1) is 16.5. The number of hydrogen-bond donors (Lipinski definition) is 1. The van der Waals surface area contributed by atoms with Gasteiger partial charge in [-0.3, -0.25) is 9.78 Å². The number of nitrogens with zero attached hydrogens (tertiary/aromatic N) is 2. The Morgan fingerprint density at radius 2 is 2.08 bits per heavy atom. The van der Waals surface area contributed by atoms with Crippen LogP contribution < -0.4 is 10.5 Å². The first-order valence-electron chi connectivity index (χ1n) is 8.23. The van der Waals surface area contributed by atoms with Gasteiger partial charge in [-0.1, -0.05) is 12.1 Å². The van der Waals surface area contributed by atoms with E-state index >= 15 is 0 Å². The summed E-state index contributed by atoms with van der Waals surface area (Å²) in [6.45, 7) is 1.28. The van der Waals surface area contributed by atoms with E-state index in [2.05, 4.69) is 11.1 Å². The molecule has 0 unspecified atom stereocenters. The summed E-state index contributed by atoms with van der Waals surface area (Å²) in [6.07, 6.45) is 4.74. The number of aryl methyl sites for hydroxylation is 1. The Kier molecular flexibility index (Phi) is 5.11. The number of rotatable bonds is 5. The monoisotopic (exact) mass is 325 g/mol. The normalized spacial score (nSPS) is 20.2. The molecule has 2 heterocycles. The maximum absolute atomic E-state index is 12.5. The fraction of sp³-hybridized carbons (Fsp3) is 0.368. The lowest BCUT2D eigenvalue weighted by atomic mass is 9.95. The quantitative estimate of drug-likeness (QED) is 0.913. The predicted molar refractivity (Wildman–Crippen MR) is 92.8 cm³/mol. The fourth-order valence-electron chi connectivity index (χ4n) is 3.22. The van der Waals surface area contributed by atoms with Crippen LogP contribution >= 0.6 is 0 Å². The van der Waals surface area contributed by atoms with Crippen LogP contribution in [-0.4, -0.2) is 42.0 Å². The molecule has 0 aliphatic carbocycles. The largest absolute Gasteiger partial charge is 0.497 e. The third kappa shape index (κ3) is 3.74. The van der Waals surface area contributed by atoms with Crippen LogP contribution in [0.4, 0.5) is 0 Å². The molecule has 0 saturated carbocycles. The van der Waals surface area contributed by atoms with Crippen LogP contribution in [0.5, 0.6) is 5.75 Å². The second-order valence-corrected chi connectivity index (χ2v) is 6.20. The van der Waals surface area contributed by atoms with Crippen molar-refractivity contribution < 1.29 is 9.53 Å². The Balaban J connectivity index is 1.61. The molecule has 24 heavy (non-hydrogen) atoms. The summed E-state index contributed by atoms with van der Waals surface area (Å²) in [5, 5.41) is 0. The van der Waals surface area contributed by atoms with Gasteiger partial charge in [0.05, 0.1) is 7.11 Å². The van der Waals surface area contributed by atoms with Crippen molar-refractivity contribution in [2.24, 2.45) is 5.73 Å². The number of ether oxygens (including phenoxy) is 1. The lowest BCUT2D eigenvalue weighted by Gasteiger charge is -2.17. The Morgan fingerprint density at radius 3 is 2.83 bits per heavy atom. The van der Waals surface area contributed by atoms with E-state index in [-0.39, 0.29) is 17.9 Å². The average Bonchev–Trinajstić information content (AvgIpc) is 3.02. The Morgan fingerprint density at radius 1 is 1.29 bits per heavy atom. The zero-order valence-corrected chi connectivity index (χ0v) is 13.9. The molecule has 3 rings (SSSR count). The van der Waals surface area contributed by atoms with Gasteiger partial charge in [0.15, 0.2) is 0 Å². The number of carbonyl (C=O) groups is 1. The molecule has 126 valence electrons. The van der Waals surface area contributed by atoms with E-state index in [1.165, 1.54) is 0 Å². The van der Waals surface area contributed by atoms with E-state index in [0.29, 0.717) is 19.5 Å². The second kappa shape index (κ2) is 7.45. The molecule has 1 saturated heterocycles. The van der Waals surface area contributed by atoms with Crippen LogP contribution in [-0.2, 0) is 11.2 Å². The summed E-state index contributed by atoms with van der Waals surface area (Å²) >= 11 is 0. The van der Waals surface area contributed by atoms with Gasteiger partial charge in [-0.25, -0.2) is 0 Å². The van der Waals surface area contributed by atoms with Gasteiger partial charge in [0.25, 0.3) is 0 Å². The minimum absolute atomic E-state index is 0.0398. The van der Waals surface area contributed by atoms with E-state index < -0.39 is 0 Å². The number of amides is 1. The van der Waals surface area contributed by atoms with Gasteiger partial charge in [-0.05, 0) is 41.8 Å². The number of pyridine rings is 1. The number of hydrogen-bond acceptors (Lipinski definition) is 4. The molecule has 5 nitrogen and oxygen atoms in total. The molecule has 0 spiro atoms. The average molecular weight is 325 g/mol. The van der Waals surface area contributed by atoms with Gasteiger partial charge < -0.3 is 15.4 Å². The molecule has 1 fully saturated rings. The molecule has 0 bridgehead atoms. The predicted octanol–water partition coefficient (Wildman–Crippen LogP) is 1.98. The van der Waals surface area contributed by atoms with E-state index in [0.717, 1.165) is 23.3 Å². The summed E-state index contributed by atoms with van der Waals surface area (Å²) in [7, 11) is 1.66. The van der Waals surface area contributed by atoms with Crippen LogP contribution in [0.25, 0.3) is 0 Å². The molecule has 1 aromatic carbocycles. The lowest BCUT2D eigenvalue weighted by molar-refractivity contribution is -0.130. The third-order valence-corrected chi connectivity index (χ3v) is 4.62. The SMILES string of the molecule is COc1cccc([C@H]2CN(C(=O)CCc3ccncc3)C[C@@H]2N)c1. The number of nitrogens with two attached hydrogens (primary N) is 1. The summed E-state index contributed by atoms with van der Waals surface area (Å²) < 4.78 is 5.29. The topological polar surface area (TPSA) is 68.5 Å². The summed E-state index contributed by atoms with van der Waals surface area (Å²) in [6, 6.07) is 11.8. The van der Waals surface area contributed by atoms with Crippen molar-refractivity contribution in [2.75, 3.05) is 20.2 Å². The molecule has 0 radical (unpaired) electrons. The van der Waals surface area contributed by atoms with Gasteiger partial charge >= 0.3 is 0 Å². The van der Waals surface area contributed by atoms with Crippen LogP contribution in [0, 0.1) is 0 Å². The highest BCUT2D eigenvalue weighted by Crippen LogP contribution is 2.29. The maximum Gasteiger partial charge on any atom is 0.222 e. The molecule has 1 aliphatic heterocycles. The van der Waals surface area contributed by atoms with E-state index in [9.17, 15) is 4.79 Å². The smallest absolute Gasteiger partial charge is 0.222 e. The standard InChI is InChI=1S/C19H23N3O2/c1-24-16-4-2-3-15(11-16)17-12-22(13-18(17)20)19(23)6-5-14-7-9-21-10-8-14/h2-4,7-11,17-18H,5-6,12-13,20H2,1H3/t17-,18+/m1/s1. The zero-order valence-electron chi connectivity index (χ0n) is 13.9. The fourth-order valence-corrected chi connectivity index (χ4v) is 3.22. The second-order valence-electron chi connectivity index (χ2n) is 6.20. The van der Waals surface area contributed by atoms with E-state index in [1.807, 2.05) is 35.2 Å². The first-order valence-corrected chi connectivity index (χ1v) is 8.23. The van der Waals surface area contributed by atoms with Crippen molar-refractivity contribution in [3.63, 3.8) is 0 Å². The van der Waals surface area contributed by atoms with Gasteiger partial charge in [0.2, 0.25) is 5.91 Å². The zero-order chi connectivity index (χ0) is 16.9. The van der Waals surface area contributed by atoms with Gasteiger partial charge in [-0.15, -0.1) is 0 Å². The minimum atomic E-state index is -0.0398. The molecule has 2 N–H and O–H groups in total. The number of methoxy groups -OCH3 is 1. The number of carbonyl (C=O) groups excluding carboxylic acids is 1. The number of aromatic nitrogens is 1. The van der Waals surface area contributed by atoms with Crippen molar-refractivity contribution >= 4 is 5.91 Å². The van der Waals surface area contributed by atoms with Crippen molar-refractivity contribution in [2.45, 2.75) is 24.8 Å². The first-order chi connectivity index (χ1) is 11.7. The Bertz CT molecular complexity index is 690. The molecule has 2 atom stereocenters. The highest BCUT2D eigenvalue weighted by molar-refractivity contribution is 5.77. The number of benzene rings is 1. The van der Waals surface area contributed by atoms with Crippen molar-refractivity contribution in [1.82, 2.24) is 9.88 Å². The Labute approximate surface area is 142 Å². The highest BCUT2D eigenvalue weighted by Gasteiger charge is 2.33. The maximum atomic E-state index is 12.5.